The summed E-state index contributed by atoms with van der Waals surface area (Å²) in [5, 5.41) is 13.7. The van der Waals surface area contributed by atoms with E-state index in [9.17, 15) is 0 Å². The summed E-state index contributed by atoms with van der Waals surface area (Å²) >= 11 is 1.47. The summed E-state index contributed by atoms with van der Waals surface area (Å²) in [5.41, 5.74) is 6.39. The largest absolute Gasteiger partial charge is 0.374 e. The lowest BCUT2D eigenvalue weighted by atomic mass is 10.3. The quantitative estimate of drug-likeness (QED) is 0.708. The van der Waals surface area contributed by atoms with Crippen molar-refractivity contribution >= 4 is 27.9 Å². The number of hydrogen-bond donors (Lipinski definition) is 1. The average Bonchev–Trinajstić information content (AvgIpc) is 3.22. The minimum atomic E-state index is 0.540. The Balaban J connectivity index is 1.36. The van der Waals surface area contributed by atoms with Crippen LogP contribution in [-0.2, 0) is 6.42 Å². The van der Waals surface area contributed by atoms with Gasteiger partial charge in [0.25, 0.3) is 0 Å². The van der Waals surface area contributed by atoms with Gasteiger partial charge < -0.3 is 10.6 Å². The van der Waals surface area contributed by atoms with Crippen LogP contribution in [0.3, 0.4) is 0 Å². The van der Waals surface area contributed by atoms with Gasteiger partial charge in [0.15, 0.2) is 11.5 Å². The molecule has 23 heavy (non-hydrogen) atoms. The topological polar surface area (TPSA) is 101 Å². The lowest BCUT2D eigenvalue weighted by Gasteiger charge is -2.35. The van der Waals surface area contributed by atoms with Crippen molar-refractivity contribution in [3.8, 4) is 0 Å². The molecule has 0 unspecified atom stereocenters. The SMILES string of the molecule is Nc1nnc(CCN2CCN(c3cncc4ncnn34)CC2)s1. The van der Waals surface area contributed by atoms with E-state index in [-0.39, 0.29) is 0 Å². The van der Waals surface area contributed by atoms with E-state index >= 15 is 0 Å². The molecule has 0 aliphatic carbocycles. The van der Waals surface area contributed by atoms with Gasteiger partial charge in [0.1, 0.15) is 11.3 Å². The van der Waals surface area contributed by atoms with Gasteiger partial charge >= 0.3 is 0 Å². The molecule has 10 heteroatoms. The highest BCUT2D eigenvalue weighted by Gasteiger charge is 2.19. The summed E-state index contributed by atoms with van der Waals surface area (Å²) in [7, 11) is 0. The molecule has 3 aromatic heterocycles. The number of nitrogen functional groups attached to an aromatic ring is 1. The van der Waals surface area contributed by atoms with Crippen LogP contribution in [-0.4, -0.2) is 67.4 Å². The van der Waals surface area contributed by atoms with Crippen molar-refractivity contribution in [3.05, 3.63) is 23.7 Å². The Kier molecular flexibility index (Phi) is 3.75. The Bertz CT molecular complexity index is 789. The fourth-order valence-electron chi connectivity index (χ4n) is 2.78. The summed E-state index contributed by atoms with van der Waals surface area (Å²) < 4.78 is 1.84. The molecule has 0 saturated carbocycles. The minimum absolute atomic E-state index is 0.540. The highest BCUT2D eigenvalue weighted by atomic mass is 32.1. The number of nitrogens with zero attached hydrogens (tertiary/aromatic N) is 8. The molecule has 1 fully saturated rings. The van der Waals surface area contributed by atoms with Crippen molar-refractivity contribution in [2.45, 2.75) is 6.42 Å². The van der Waals surface area contributed by atoms with Gasteiger partial charge in [-0.2, -0.15) is 9.61 Å². The fourth-order valence-corrected chi connectivity index (χ4v) is 3.38. The molecule has 0 spiro atoms. The van der Waals surface area contributed by atoms with E-state index in [1.807, 2.05) is 10.7 Å². The Morgan fingerprint density at radius 1 is 1.13 bits per heavy atom. The third-order valence-electron chi connectivity index (χ3n) is 3.99. The van der Waals surface area contributed by atoms with Crippen molar-refractivity contribution in [3.63, 3.8) is 0 Å². The Morgan fingerprint density at radius 3 is 2.78 bits per heavy atom. The van der Waals surface area contributed by atoms with Crippen LogP contribution in [0, 0.1) is 0 Å². The van der Waals surface area contributed by atoms with Gasteiger partial charge in [-0.3, -0.25) is 9.88 Å². The van der Waals surface area contributed by atoms with E-state index in [4.69, 9.17) is 5.73 Å². The Morgan fingerprint density at radius 2 is 2.00 bits per heavy atom. The van der Waals surface area contributed by atoms with Gasteiger partial charge in [-0.1, -0.05) is 11.3 Å². The number of hydrogen-bond acceptors (Lipinski definition) is 9. The second-order valence-corrected chi connectivity index (χ2v) is 6.50. The first-order chi connectivity index (χ1) is 11.3. The van der Waals surface area contributed by atoms with Crippen LogP contribution in [0.5, 0.6) is 0 Å². The number of anilines is 2. The molecule has 2 N–H and O–H groups in total. The summed E-state index contributed by atoms with van der Waals surface area (Å²) in [6, 6.07) is 0. The predicted molar refractivity (Wildman–Crippen MR) is 87.5 cm³/mol. The number of piperazine rings is 1. The summed E-state index contributed by atoms with van der Waals surface area (Å²) in [6.45, 7) is 4.87. The molecule has 4 rings (SSSR count). The molecular formula is C13H17N9S. The van der Waals surface area contributed by atoms with Gasteiger partial charge in [0.05, 0.1) is 12.4 Å². The molecule has 1 aliphatic heterocycles. The van der Waals surface area contributed by atoms with E-state index in [0.29, 0.717) is 5.13 Å². The third kappa shape index (κ3) is 2.94. The number of rotatable bonds is 4. The highest BCUT2D eigenvalue weighted by Crippen LogP contribution is 2.17. The lowest BCUT2D eigenvalue weighted by Crippen LogP contribution is -2.47. The van der Waals surface area contributed by atoms with Gasteiger partial charge in [-0.25, -0.2) is 4.98 Å². The van der Waals surface area contributed by atoms with Crippen LogP contribution < -0.4 is 10.6 Å². The van der Waals surface area contributed by atoms with E-state index < -0.39 is 0 Å². The summed E-state index contributed by atoms with van der Waals surface area (Å²) in [5.74, 6) is 0.997. The van der Waals surface area contributed by atoms with E-state index in [2.05, 4.69) is 35.1 Å². The smallest absolute Gasteiger partial charge is 0.203 e. The van der Waals surface area contributed by atoms with Gasteiger partial charge in [0.2, 0.25) is 5.13 Å². The van der Waals surface area contributed by atoms with Crippen molar-refractivity contribution < 1.29 is 0 Å². The van der Waals surface area contributed by atoms with Crippen LogP contribution >= 0.6 is 11.3 Å². The monoisotopic (exact) mass is 331 g/mol. The van der Waals surface area contributed by atoms with Crippen molar-refractivity contribution in [2.75, 3.05) is 43.4 Å². The highest BCUT2D eigenvalue weighted by molar-refractivity contribution is 7.15. The van der Waals surface area contributed by atoms with E-state index in [0.717, 1.165) is 55.6 Å². The first-order valence-electron chi connectivity index (χ1n) is 7.48. The molecule has 3 aromatic rings. The molecule has 1 aliphatic rings. The van der Waals surface area contributed by atoms with Crippen molar-refractivity contribution in [1.82, 2.24) is 34.7 Å². The Labute approximate surface area is 136 Å². The maximum atomic E-state index is 5.61. The average molecular weight is 331 g/mol. The molecular weight excluding hydrogens is 314 g/mol. The first kappa shape index (κ1) is 14.3. The Hall–Kier alpha value is -2.33. The first-order valence-corrected chi connectivity index (χ1v) is 8.30. The summed E-state index contributed by atoms with van der Waals surface area (Å²) in [4.78, 5) is 13.2. The molecule has 9 nitrogen and oxygen atoms in total. The zero-order valence-corrected chi connectivity index (χ0v) is 13.4. The van der Waals surface area contributed by atoms with Gasteiger partial charge in [0, 0.05) is 39.1 Å². The minimum Gasteiger partial charge on any atom is -0.374 e. The molecule has 4 heterocycles. The predicted octanol–water partition coefficient (Wildman–Crippen LogP) is -0.0773. The van der Waals surface area contributed by atoms with E-state index in [1.54, 1.807) is 12.5 Å². The molecule has 120 valence electrons. The zero-order valence-electron chi connectivity index (χ0n) is 12.5. The second-order valence-electron chi connectivity index (χ2n) is 5.41. The summed E-state index contributed by atoms with van der Waals surface area (Å²) in [6.07, 6.45) is 6.03. The molecule has 0 radical (unpaired) electrons. The molecule has 1 saturated heterocycles. The number of fused-ring (bicyclic) bond motifs is 1. The normalized spacial score (nSPS) is 16.3. The van der Waals surface area contributed by atoms with Crippen LogP contribution in [0.2, 0.25) is 0 Å². The van der Waals surface area contributed by atoms with Gasteiger partial charge in [-0.15, -0.1) is 10.2 Å². The van der Waals surface area contributed by atoms with Crippen LogP contribution in [0.15, 0.2) is 18.7 Å². The number of aromatic nitrogens is 6. The van der Waals surface area contributed by atoms with Crippen molar-refractivity contribution in [2.24, 2.45) is 0 Å². The molecule has 0 atom stereocenters. The fraction of sp³-hybridized carbons (Fsp3) is 0.462. The van der Waals surface area contributed by atoms with Crippen LogP contribution in [0.1, 0.15) is 5.01 Å². The maximum Gasteiger partial charge on any atom is 0.203 e. The molecule has 0 aromatic carbocycles. The van der Waals surface area contributed by atoms with Crippen LogP contribution in [0.4, 0.5) is 10.9 Å². The molecule has 0 bridgehead atoms. The zero-order chi connectivity index (χ0) is 15.6. The number of nitrogens with two attached hydrogens (primary N) is 1. The van der Waals surface area contributed by atoms with E-state index in [1.165, 1.54) is 11.3 Å². The van der Waals surface area contributed by atoms with Gasteiger partial charge in [-0.05, 0) is 0 Å². The van der Waals surface area contributed by atoms with Crippen molar-refractivity contribution in [1.29, 1.82) is 0 Å². The standard InChI is InChI=1S/C13H17N9S/c14-13-19-18-11(23-13)1-2-20-3-5-21(6-4-20)12-8-15-7-10-16-9-17-22(10)12/h7-9H,1-6H2,(H2,14,19). The lowest BCUT2D eigenvalue weighted by molar-refractivity contribution is 0.260. The second kappa shape index (κ2) is 6.05. The maximum absolute atomic E-state index is 5.61. The molecule has 0 amide bonds. The third-order valence-corrected chi connectivity index (χ3v) is 4.80. The van der Waals surface area contributed by atoms with Crippen LogP contribution in [0.25, 0.3) is 5.65 Å².